The third-order valence-corrected chi connectivity index (χ3v) is 5.08. The van der Waals surface area contributed by atoms with E-state index in [0.29, 0.717) is 37.4 Å². The van der Waals surface area contributed by atoms with Crippen LogP contribution >= 0.6 is 0 Å². The number of carbonyl (C=O) groups is 3. The van der Waals surface area contributed by atoms with Crippen LogP contribution in [0.5, 0.6) is 0 Å². The van der Waals surface area contributed by atoms with E-state index in [1.165, 1.54) is 30.9 Å². The van der Waals surface area contributed by atoms with Gasteiger partial charge in [0.25, 0.3) is 0 Å². The number of Topliss-reactive ketones (excluding diaryl/α,β-unsaturated/α-hetero) is 1. The van der Waals surface area contributed by atoms with Gasteiger partial charge in [-0.25, -0.2) is 4.39 Å². The number of benzene rings is 2. The summed E-state index contributed by atoms with van der Waals surface area (Å²) in [4.78, 5) is 41.5. The number of carbonyl (C=O) groups excluding carboxylic acids is 3. The molecule has 1 aliphatic rings. The van der Waals surface area contributed by atoms with Crippen LogP contribution in [0.3, 0.4) is 0 Å². The Hall–Kier alpha value is -3.22. The van der Waals surface area contributed by atoms with E-state index in [0.717, 1.165) is 5.69 Å². The van der Waals surface area contributed by atoms with Crippen LogP contribution in [-0.4, -0.2) is 55.2 Å². The van der Waals surface area contributed by atoms with Crippen LogP contribution in [0.4, 0.5) is 15.8 Å². The zero-order valence-corrected chi connectivity index (χ0v) is 16.6. The maximum absolute atomic E-state index is 13.1. The van der Waals surface area contributed by atoms with Crippen molar-refractivity contribution in [2.75, 3.05) is 42.5 Å². The molecule has 2 aromatic rings. The molecule has 1 aliphatic heterocycles. The molecule has 0 aliphatic carbocycles. The SMILES string of the molecule is CC(=O)c1ccc(N(CC(=O)N2CCN(c3ccc(F)cc3)CC2)C(C)=O)cc1. The highest BCUT2D eigenvalue weighted by atomic mass is 19.1. The maximum Gasteiger partial charge on any atom is 0.242 e. The monoisotopic (exact) mass is 397 g/mol. The first-order valence-electron chi connectivity index (χ1n) is 9.52. The van der Waals surface area contributed by atoms with Crippen molar-refractivity contribution in [2.45, 2.75) is 13.8 Å². The number of nitrogens with zero attached hydrogens (tertiary/aromatic N) is 3. The standard InChI is InChI=1S/C22H24FN3O3/c1-16(27)18-3-7-21(8-4-18)26(17(2)28)15-22(29)25-13-11-24(12-14-25)20-9-5-19(23)6-10-20/h3-10H,11-15H2,1-2H3. The average Bonchev–Trinajstić information content (AvgIpc) is 2.72. The number of halogens is 1. The maximum atomic E-state index is 13.1. The topological polar surface area (TPSA) is 60.9 Å². The Morgan fingerprint density at radius 3 is 2.00 bits per heavy atom. The lowest BCUT2D eigenvalue weighted by Gasteiger charge is -2.37. The van der Waals surface area contributed by atoms with Crippen LogP contribution in [0.25, 0.3) is 0 Å². The molecule has 6 nitrogen and oxygen atoms in total. The molecule has 2 amide bonds. The molecule has 0 aromatic heterocycles. The molecule has 7 heteroatoms. The number of piperazine rings is 1. The van der Waals surface area contributed by atoms with Crippen molar-refractivity contribution in [3.63, 3.8) is 0 Å². The molecule has 2 aromatic carbocycles. The van der Waals surface area contributed by atoms with Gasteiger partial charge >= 0.3 is 0 Å². The zero-order valence-electron chi connectivity index (χ0n) is 16.6. The molecule has 0 atom stereocenters. The van der Waals surface area contributed by atoms with Gasteiger partial charge in [0.05, 0.1) is 0 Å². The van der Waals surface area contributed by atoms with Crippen LogP contribution in [-0.2, 0) is 9.59 Å². The van der Waals surface area contributed by atoms with E-state index in [1.807, 2.05) is 0 Å². The van der Waals surface area contributed by atoms with Gasteiger partial charge in [0.1, 0.15) is 12.4 Å². The minimum atomic E-state index is -0.275. The van der Waals surface area contributed by atoms with Gasteiger partial charge in [-0.3, -0.25) is 14.4 Å². The van der Waals surface area contributed by atoms with Crippen molar-refractivity contribution >= 4 is 29.0 Å². The minimum Gasteiger partial charge on any atom is -0.368 e. The first-order valence-corrected chi connectivity index (χ1v) is 9.52. The highest BCUT2D eigenvalue weighted by Crippen LogP contribution is 2.19. The zero-order chi connectivity index (χ0) is 21.0. The molecule has 0 bridgehead atoms. The van der Waals surface area contributed by atoms with E-state index in [9.17, 15) is 18.8 Å². The molecule has 3 rings (SSSR count). The summed E-state index contributed by atoms with van der Waals surface area (Å²) in [5.74, 6) is -0.697. The Morgan fingerprint density at radius 1 is 0.897 bits per heavy atom. The molecule has 0 unspecified atom stereocenters. The van der Waals surface area contributed by atoms with Crippen molar-refractivity contribution in [3.8, 4) is 0 Å². The summed E-state index contributed by atoms with van der Waals surface area (Å²) in [6.07, 6.45) is 0. The summed E-state index contributed by atoms with van der Waals surface area (Å²) < 4.78 is 13.1. The molecular weight excluding hydrogens is 373 g/mol. The third kappa shape index (κ3) is 4.99. The average molecular weight is 397 g/mol. The van der Waals surface area contributed by atoms with Gasteiger partial charge in [-0.05, 0) is 55.5 Å². The summed E-state index contributed by atoms with van der Waals surface area (Å²) in [5.41, 5.74) is 2.07. The van der Waals surface area contributed by atoms with Crippen LogP contribution in [0, 0.1) is 5.82 Å². The fourth-order valence-corrected chi connectivity index (χ4v) is 3.36. The second-order valence-corrected chi connectivity index (χ2v) is 7.05. The molecular formula is C22H24FN3O3. The molecule has 29 heavy (non-hydrogen) atoms. The molecule has 0 radical (unpaired) electrons. The lowest BCUT2D eigenvalue weighted by Crippen LogP contribution is -2.51. The van der Waals surface area contributed by atoms with Crippen LogP contribution < -0.4 is 9.80 Å². The third-order valence-electron chi connectivity index (χ3n) is 5.08. The van der Waals surface area contributed by atoms with Crippen molar-refractivity contribution < 1.29 is 18.8 Å². The van der Waals surface area contributed by atoms with E-state index in [2.05, 4.69) is 4.90 Å². The van der Waals surface area contributed by atoms with E-state index in [1.54, 1.807) is 41.3 Å². The Bertz CT molecular complexity index is 889. The van der Waals surface area contributed by atoms with Gasteiger partial charge < -0.3 is 14.7 Å². The lowest BCUT2D eigenvalue weighted by atomic mass is 10.1. The molecule has 0 saturated carbocycles. The molecule has 152 valence electrons. The molecule has 0 spiro atoms. The number of hydrogen-bond donors (Lipinski definition) is 0. The minimum absolute atomic E-state index is 0.0503. The van der Waals surface area contributed by atoms with Crippen molar-refractivity contribution in [2.24, 2.45) is 0 Å². The van der Waals surface area contributed by atoms with Gasteiger partial charge in [-0.1, -0.05) is 0 Å². The first kappa shape index (κ1) is 20.5. The second kappa shape index (κ2) is 8.86. The Labute approximate surface area is 169 Å². The van der Waals surface area contributed by atoms with E-state index in [-0.39, 0.29) is 30.0 Å². The summed E-state index contributed by atoms with van der Waals surface area (Å²) >= 11 is 0. The van der Waals surface area contributed by atoms with Crippen LogP contribution in [0.15, 0.2) is 48.5 Å². The van der Waals surface area contributed by atoms with E-state index < -0.39 is 0 Å². The summed E-state index contributed by atoms with van der Waals surface area (Å²) in [7, 11) is 0. The number of ketones is 1. The Kier molecular flexibility index (Phi) is 6.26. The first-order chi connectivity index (χ1) is 13.8. The summed E-state index contributed by atoms with van der Waals surface area (Å²) in [6, 6.07) is 13.0. The van der Waals surface area contributed by atoms with Gasteiger partial charge in [0.15, 0.2) is 5.78 Å². The smallest absolute Gasteiger partial charge is 0.242 e. The van der Waals surface area contributed by atoms with Crippen molar-refractivity contribution in [3.05, 3.63) is 59.9 Å². The lowest BCUT2D eigenvalue weighted by molar-refractivity contribution is -0.131. The predicted molar refractivity (Wildman–Crippen MR) is 110 cm³/mol. The normalized spacial score (nSPS) is 13.9. The predicted octanol–water partition coefficient (Wildman–Crippen LogP) is 2.73. The van der Waals surface area contributed by atoms with E-state index in [4.69, 9.17) is 0 Å². The molecule has 1 heterocycles. The van der Waals surface area contributed by atoms with Gasteiger partial charge in [0, 0.05) is 50.0 Å². The second-order valence-electron chi connectivity index (χ2n) is 7.05. The molecule has 1 saturated heterocycles. The van der Waals surface area contributed by atoms with Crippen molar-refractivity contribution in [1.29, 1.82) is 0 Å². The number of hydrogen-bond acceptors (Lipinski definition) is 4. The quantitative estimate of drug-likeness (QED) is 0.728. The molecule has 1 fully saturated rings. The fraction of sp³-hybridized carbons (Fsp3) is 0.318. The fourth-order valence-electron chi connectivity index (χ4n) is 3.36. The number of anilines is 2. The highest BCUT2D eigenvalue weighted by molar-refractivity contribution is 5.99. The Balaban J connectivity index is 1.61. The summed E-state index contributed by atoms with van der Waals surface area (Å²) in [6.45, 7) is 5.20. The molecule has 0 N–H and O–H groups in total. The number of rotatable bonds is 5. The highest BCUT2D eigenvalue weighted by Gasteiger charge is 2.24. The van der Waals surface area contributed by atoms with Gasteiger partial charge in [0.2, 0.25) is 11.8 Å². The number of amides is 2. The summed E-state index contributed by atoms with van der Waals surface area (Å²) in [5, 5.41) is 0. The van der Waals surface area contributed by atoms with Gasteiger partial charge in [-0.2, -0.15) is 0 Å². The van der Waals surface area contributed by atoms with Crippen LogP contribution in [0.1, 0.15) is 24.2 Å². The van der Waals surface area contributed by atoms with Gasteiger partial charge in [-0.15, -0.1) is 0 Å². The van der Waals surface area contributed by atoms with Crippen LogP contribution in [0.2, 0.25) is 0 Å². The Morgan fingerprint density at radius 2 is 1.48 bits per heavy atom. The largest absolute Gasteiger partial charge is 0.368 e. The van der Waals surface area contributed by atoms with E-state index >= 15 is 0 Å². The van der Waals surface area contributed by atoms with Crippen molar-refractivity contribution in [1.82, 2.24) is 4.90 Å².